The number of benzene rings is 2. The molecular weight excluding hydrogens is 538 g/mol. The third kappa shape index (κ3) is 5.77. The molecule has 222 valence electrons. The van der Waals surface area contributed by atoms with Crippen molar-refractivity contribution in [2.75, 3.05) is 6.61 Å². The summed E-state index contributed by atoms with van der Waals surface area (Å²) >= 11 is 0. The van der Waals surface area contributed by atoms with Crippen molar-refractivity contribution in [3.63, 3.8) is 0 Å². The smallest absolute Gasteiger partial charge is 0.311 e. The molecule has 3 N–H and O–H groups in total. The van der Waals surface area contributed by atoms with E-state index in [1.54, 1.807) is 33.0 Å². The number of piperidine rings is 1. The molecule has 1 fully saturated rings. The van der Waals surface area contributed by atoms with Crippen LogP contribution >= 0.6 is 0 Å². The molecule has 1 aromatic heterocycles. The summed E-state index contributed by atoms with van der Waals surface area (Å²) in [6.45, 7) is 5.49. The zero-order valence-corrected chi connectivity index (χ0v) is 24.0. The van der Waals surface area contributed by atoms with E-state index in [-0.39, 0.29) is 31.7 Å². The van der Waals surface area contributed by atoms with E-state index in [1.165, 1.54) is 18.2 Å². The topological polar surface area (TPSA) is 152 Å². The van der Waals surface area contributed by atoms with E-state index in [1.807, 2.05) is 42.6 Å². The van der Waals surface area contributed by atoms with Crippen molar-refractivity contribution in [1.82, 2.24) is 10.3 Å². The Kier molecular flexibility index (Phi) is 9.38. The quantitative estimate of drug-likeness (QED) is 0.150. The van der Waals surface area contributed by atoms with Gasteiger partial charge in [0.1, 0.15) is 0 Å². The molecule has 0 amide bonds. The molecule has 0 spiro atoms. The van der Waals surface area contributed by atoms with Gasteiger partial charge in [0.2, 0.25) is 0 Å². The van der Waals surface area contributed by atoms with Gasteiger partial charge >= 0.3 is 11.9 Å². The van der Waals surface area contributed by atoms with Gasteiger partial charge in [-0.15, -0.1) is 0 Å². The number of pyridine rings is 1. The molecule has 5 unspecified atom stereocenters. The summed E-state index contributed by atoms with van der Waals surface area (Å²) < 4.78 is 5.98. The average molecular weight is 576 g/mol. The van der Waals surface area contributed by atoms with E-state index in [2.05, 4.69) is 10.3 Å². The van der Waals surface area contributed by atoms with Gasteiger partial charge in [-0.2, -0.15) is 0 Å². The fourth-order valence-electron chi connectivity index (χ4n) is 6.71. The van der Waals surface area contributed by atoms with Gasteiger partial charge in [0, 0.05) is 49.1 Å². The van der Waals surface area contributed by atoms with Gasteiger partial charge in [0.05, 0.1) is 22.4 Å². The first-order valence-electron chi connectivity index (χ1n) is 14.1. The molecule has 5 atom stereocenters. The number of non-ortho nitro benzene ring substituents is 1. The minimum atomic E-state index is -1.62. The van der Waals surface area contributed by atoms with Crippen LogP contribution in [0.3, 0.4) is 0 Å². The third-order valence-corrected chi connectivity index (χ3v) is 8.95. The van der Waals surface area contributed by atoms with Crippen LogP contribution in [0.1, 0.15) is 61.8 Å². The van der Waals surface area contributed by atoms with Gasteiger partial charge in [-0.05, 0) is 61.4 Å². The predicted octanol–water partition coefficient (Wildman–Crippen LogP) is 5.20. The summed E-state index contributed by atoms with van der Waals surface area (Å²) in [5, 5.41) is 36.3. The summed E-state index contributed by atoms with van der Waals surface area (Å²) in [4.78, 5) is 41.5. The van der Waals surface area contributed by atoms with Crippen molar-refractivity contribution in [3.05, 3.63) is 105 Å². The monoisotopic (exact) mass is 575 g/mol. The molecule has 10 nitrogen and oxygen atoms in total. The number of aliphatic carboxylic acids is 2. The van der Waals surface area contributed by atoms with Gasteiger partial charge < -0.3 is 20.3 Å². The molecular formula is C32H37N3O7. The van der Waals surface area contributed by atoms with E-state index in [0.717, 1.165) is 23.1 Å². The number of carboxylic acid groups (broad SMARTS) is 2. The molecule has 10 heteroatoms. The Morgan fingerprint density at radius 2 is 1.64 bits per heavy atom. The zero-order chi connectivity index (χ0) is 30.5. The van der Waals surface area contributed by atoms with E-state index in [4.69, 9.17) is 4.74 Å². The van der Waals surface area contributed by atoms with Crippen LogP contribution in [-0.2, 0) is 27.4 Å². The zero-order valence-electron chi connectivity index (χ0n) is 24.0. The number of hydrogen-bond donors (Lipinski definition) is 3. The highest BCUT2D eigenvalue weighted by Crippen LogP contribution is 2.58. The number of rotatable bonds is 12. The Bertz CT molecular complexity index is 1420. The Hall–Kier alpha value is -4.15. The molecule has 42 heavy (non-hydrogen) atoms. The molecule has 1 aliphatic heterocycles. The van der Waals surface area contributed by atoms with Crippen molar-refractivity contribution in [2.24, 2.45) is 10.8 Å². The van der Waals surface area contributed by atoms with Crippen molar-refractivity contribution >= 4 is 17.6 Å². The molecule has 4 rings (SSSR count). The number of nitrogens with one attached hydrogen (secondary N) is 1. The van der Waals surface area contributed by atoms with Crippen LogP contribution in [0, 0.1) is 20.9 Å². The lowest BCUT2D eigenvalue weighted by molar-refractivity contribution is -0.385. The number of carboxylic acids is 2. The molecule has 1 aliphatic rings. The summed E-state index contributed by atoms with van der Waals surface area (Å²) in [6, 6.07) is 16.3. The third-order valence-electron chi connectivity index (χ3n) is 8.95. The molecule has 0 bridgehead atoms. The second-order valence-corrected chi connectivity index (χ2v) is 11.1. The highest BCUT2D eigenvalue weighted by atomic mass is 16.6. The van der Waals surface area contributed by atoms with Gasteiger partial charge in [0.15, 0.2) is 0 Å². The van der Waals surface area contributed by atoms with E-state index < -0.39 is 45.7 Å². The number of nitro groups is 1. The van der Waals surface area contributed by atoms with E-state index in [0.29, 0.717) is 5.56 Å². The Morgan fingerprint density at radius 1 is 0.976 bits per heavy atom. The lowest BCUT2D eigenvalue weighted by atomic mass is 9.50. The van der Waals surface area contributed by atoms with Gasteiger partial charge in [-0.25, -0.2) is 0 Å². The van der Waals surface area contributed by atoms with Crippen LogP contribution in [0.25, 0.3) is 0 Å². The molecule has 0 saturated carbocycles. The Balaban J connectivity index is 1.61. The number of aromatic nitrogens is 1. The number of ether oxygens (including phenoxy) is 1. The van der Waals surface area contributed by atoms with Crippen LogP contribution in [-0.4, -0.2) is 50.7 Å². The molecule has 2 heterocycles. The predicted molar refractivity (Wildman–Crippen MR) is 156 cm³/mol. The highest BCUT2D eigenvalue weighted by Gasteiger charge is 2.66. The Labute approximate surface area is 244 Å². The fourth-order valence-corrected chi connectivity index (χ4v) is 6.71. The molecule has 1 saturated heterocycles. The van der Waals surface area contributed by atoms with Crippen LogP contribution in [0.2, 0.25) is 0 Å². The number of nitro benzene ring substituents is 1. The van der Waals surface area contributed by atoms with Crippen molar-refractivity contribution in [3.8, 4) is 0 Å². The highest BCUT2D eigenvalue weighted by molar-refractivity contribution is 5.84. The summed E-state index contributed by atoms with van der Waals surface area (Å²) in [7, 11) is 0. The maximum atomic E-state index is 13.2. The number of nitrogens with zero attached hydrogens (tertiary/aromatic N) is 2. The normalized spacial score (nSPS) is 25.5. The van der Waals surface area contributed by atoms with Gasteiger partial charge in [-0.3, -0.25) is 24.7 Å². The first-order chi connectivity index (χ1) is 20.1. The van der Waals surface area contributed by atoms with Crippen molar-refractivity contribution < 1.29 is 29.5 Å². The maximum Gasteiger partial charge on any atom is 0.311 e. The molecule has 3 aromatic rings. The average Bonchev–Trinajstić information content (AvgIpc) is 2.97. The summed E-state index contributed by atoms with van der Waals surface area (Å²) in [5.74, 6) is -3.38. The van der Waals surface area contributed by atoms with Crippen molar-refractivity contribution in [1.29, 1.82) is 0 Å². The summed E-state index contributed by atoms with van der Waals surface area (Å²) in [5.41, 5.74) is 0.0874. The van der Waals surface area contributed by atoms with Gasteiger partial charge in [0.25, 0.3) is 5.69 Å². The van der Waals surface area contributed by atoms with Crippen LogP contribution in [0.5, 0.6) is 0 Å². The second-order valence-electron chi connectivity index (χ2n) is 11.1. The van der Waals surface area contributed by atoms with E-state index in [9.17, 15) is 29.9 Å². The van der Waals surface area contributed by atoms with Crippen LogP contribution in [0.4, 0.5) is 5.69 Å². The van der Waals surface area contributed by atoms with E-state index >= 15 is 0 Å². The lowest BCUT2D eigenvalue weighted by Gasteiger charge is -2.57. The van der Waals surface area contributed by atoms with Crippen LogP contribution < -0.4 is 5.32 Å². The molecule has 2 aromatic carbocycles. The van der Waals surface area contributed by atoms with Crippen LogP contribution in [0.15, 0.2) is 73.1 Å². The standard InChI is InChI=1S/C32H37N3O7/c1-4-31(29(36)37)21(2)34-22(3)32(30(38)39,28(31)26-8-5-9-27(18-26)35(40)41)14-16-42-20-24-12-10-23(11-13-24)17-25-7-6-15-33-19-25/h5-13,15,18-19,21-22,28,34H,4,14,16-17,20H2,1-3H3,(H,36,37)(H,38,39). The first kappa shape index (κ1) is 30.8. The SMILES string of the molecule is CCC1(C(=O)O)C(C)NC(C)C(CCOCc2ccc(Cc3cccnc3)cc2)(C(=O)O)C1c1cccc([N+](=O)[O-])c1. The number of carbonyl (C=O) groups is 2. The lowest BCUT2D eigenvalue weighted by Crippen LogP contribution is -2.69. The summed E-state index contributed by atoms with van der Waals surface area (Å²) in [6.07, 6.45) is 4.44. The van der Waals surface area contributed by atoms with Gasteiger partial charge in [-0.1, -0.05) is 49.4 Å². The fraction of sp³-hybridized carbons (Fsp3) is 0.406. The van der Waals surface area contributed by atoms with Crippen molar-refractivity contribution in [2.45, 2.75) is 64.6 Å². The largest absolute Gasteiger partial charge is 0.481 e. The molecule has 0 aliphatic carbocycles. The first-order valence-corrected chi connectivity index (χ1v) is 14.1. The molecule has 0 radical (unpaired) electrons. The number of hydrogen-bond acceptors (Lipinski definition) is 7. The Morgan fingerprint density at radius 3 is 2.24 bits per heavy atom. The second kappa shape index (κ2) is 12.8. The minimum absolute atomic E-state index is 0.00466. The maximum absolute atomic E-state index is 13.2. The minimum Gasteiger partial charge on any atom is -0.481 e.